The van der Waals surface area contributed by atoms with Gasteiger partial charge < -0.3 is 9.90 Å². The van der Waals surface area contributed by atoms with E-state index in [4.69, 9.17) is 11.6 Å². The maximum atomic E-state index is 10.7. The molecule has 72 valence electrons. The number of carbonyl (C=O) groups excluding carboxylic acids is 1. The molecular formula is C8H3ClIN2O2-. The molecule has 0 aliphatic carbocycles. The van der Waals surface area contributed by atoms with Crippen molar-refractivity contribution in [2.75, 3.05) is 0 Å². The predicted octanol–water partition coefficient (Wildman–Crippen LogP) is 1.49. The van der Waals surface area contributed by atoms with Crippen LogP contribution < -0.4 is 5.11 Å². The number of aromatic nitrogens is 2. The summed E-state index contributed by atoms with van der Waals surface area (Å²) in [6.07, 6.45) is -1.38. The van der Waals surface area contributed by atoms with Gasteiger partial charge in [0.15, 0.2) is 0 Å². The Morgan fingerprint density at radius 3 is 2.93 bits per heavy atom. The molecular weight excluding hydrogens is 318 g/mol. The van der Waals surface area contributed by atoms with Gasteiger partial charge in [-0.2, -0.15) is 0 Å². The molecule has 0 bridgehead atoms. The Hall–Kier alpha value is -0.820. The second-order valence-corrected chi connectivity index (χ2v) is 4.20. The Balaban J connectivity index is 2.86. The smallest absolute Gasteiger partial charge is 0.209 e. The Kier molecular flexibility index (Phi) is 2.36. The molecule has 6 heteroatoms. The predicted molar refractivity (Wildman–Crippen MR) is 58.3 cm³/mol. The highest BCUT2D eigenvalue weighted by molar-refractivity contribution is 14.1. The topological polar surface area (TPSA) is 57.9 Å². The van der Waals surface area contributed by atoms with Crippen LogP contribution in [-0.4, -0.2) is 15.6 Å². The first-order valence-corrected chi connectivity index (χ1v) is 5.10. The third-order valence-corrected chi connectivity index (χ3v) is 2.68. The van der Waals surface area contributed by atoms with Crippen LogP contribution in [0.5, 0.6) is 0 Å². The molecule has 0 unspecified atom stereocenters. The van der Waals surface area contributed by atoms with Gasteiger partial charge in [-0.15, -0.1) is 0 Å². The number of benzene rings is 1. The first kappa shape index (κ1) is 9.72. The monoisotopic (exact) mass is 321 g/mol. The van der Waals surface area contributed by atoms with Gasteiger partial charge >= 0.3 is 0 Å². The quantitative estimate of drug-likeness (QED) is 0.691. The molecule has 0 amide bonds. The van der Waals surface area contributed by atoms with Gasteiger partial charge in [-0.25, -0.2) is 4.98 Å². The van der Waals surface area contributed by atoms with Gasteiger partial charge in [0, 0.05) is 3.57 Å². The van der Waals surface area contributed by atoms with Crippen molar-refractivity contribution in [3.05, 3.63) is 27.1 Å². The maximum absolute atomic E-state index is 10.7. The highest BCUT2D eigenvalue weighted by atomic mass is 127. The van der Waals surface area contributed by atoms with Crippen LogP contribution >= 0.6 is 34.2 Å². The van der Waals surface area contributed by atoms with Crippen LogP contribution in [0.4, 0.5) is 4.79 Å². The summed E-state index contributed by atoms with van der Waals surface area (Å²) in [4.78, 5) is 14.6. The summed E-state index contributed by atoms with van der Waals surface area (Å²) in [5.41, 5.74) is 0.988. The fraction of sp³-hybridized carbons (Fsp3) is 0. The first-order chi connectivity index (χ1) is 6.59. The van der Waals surface area contributed by atoms with E-state index in [9.17, 15) is 9.90 Å². The standard InChI is InChI=1S/C8H4ClIN2O2/c9-7-11-5-2-1-4(10)3-6(5)12(7)8(13)14/h1-3H,(H,13,14)/p-1. The molecule has 1 aromatic carbocycles. The fourth-order valence-electron chi connectivity index (χ4n) is 1.19. The molecule has 0 aliphatic rings. The molecule has 0 N–H and O–H groups in total. The molecule has 0 saturated heterocycles. The number of fused-ring (bicyclic) bond motifs is 1. The second-order valence-electron chi connectivity index (χ2n) is 2.62. The zero-order valence-corrected chi connectivity index (χ0v) is 9.61. The average Bonchev–Trinajstić information content (AvgIpc) is 2.40. The molecule has 0 aliphatic heterocycles. The molecule has 1 aromatic heterocycles. The van der Waals surface area contributed by atoms with Crippen molar-refractivity contribution in [2.24, 2.45) is 0 Å². The van der Waals surface area contributed by atoms with Crippen LogP contribution in [0.1, 0.15) is 0 Å². The number of carbonyl (C=O) groups is 1. The number of nitrogens with zero attached hydrogens (tertiary/aromatic N) is 2. The zero-order valence-electron chi connectivity index (χ0n) is 6.70. The van der Waals surface area contributed by atoms with E-state index < -0.39 is 6.09 Å². The van der Waals surface area contributed by atoms with Crippen LogP contribution in [0.15, 0.2) is 18.2 Å². The second kappa shape index (κ2) is 3.39. The van der Waals surface area contributed by atoms with Gasteiger partial charge in [0.25, 0.3) is 0 Å². The third kappa shape index (κ3) is 1.46. The van der Waals surface area contributed by atoms with Crippen LogP contribution in [0.3, 0.4) is 0 Å². The van der Waals surface area contributed by atoms with Crippen molar-refractivity contribution in [1.29, 1.82) is 0 Å². The molecule has 0 saturated carbocycles. The van der Waals surface area contributed by atoms with E-state index in [0.717, 1.165) is 8.14 Å². The van der Waals surface area contributed by atoms with Crippen molar-refractivity contribution in [3.63, 3.8) is 0 Å². The van der Waals surface area contributed by atoms with Gasteiger partial charge in [-0.1, -0.05) is 0 Å². The number of hydrogen-bond donors (Lipinski definition) is 0. The van der Waals surface area contributed by atoms with E-state index in [1.165, 1.54) is 0 Å². The zero-order chi connectivity index (χ0) is 10.3. The van der Waals surface area contributed by atoms with Gasteiger partial charge in [-0.05, 0) is 52.4 Å². The SMILES string of the molecule is O=C([O-])n1c(Cl)nc2ccc(I)cc21. The molecule has 14 heavy (non-hydrogen) atoms. The lowest BCUT2D eigenvalue weighted by Gasteiger charge is -2.04. The Labute approximate surface area is 97.6 Å². The Morgan fingerprint density at radius 2 is 2.29 bits per heavy atom. The minimum absolute atomic E-state index is 0.0954. The summed E-state index contributed by atoms with van der Waals surface area (Å²) >= 11 is 7.72. The van der Waals surface area contributed by atoms with Gasteiger partial charge in [0.1, 0.15) is 6.09 Å². The number of hydrogen-bond acceptors (Lipinski definition) is 3. The van der Waals surface area contributed by atoms with Crippen LogP contribution in [0, 0.1) is 3.57 Å². The Bertz CT molecular complexity index is 523. The van der Waals surface area contributed by atoms with Gasteiger partial charge in [0.2, 0.25) is 5.28 Å². The molecule has 2 aromatic rings. The van der Waals surface area contributed by atoms with Crippen molar-refractivity contribution in [3.8, 4) is 0 Å². The van der Waals surface area contributed by atoms with Crippen molar-refractivity contribution in [1.82, 2.24) is 9.55 Å². The Morgan fingerprint density at radius 1 is 1.57 bits per heavy atom. The first-order valence-electron chi connectivity index (χ1n) is 3.64. The number of carboxylic acid groups (broad SMARTS) is 1. The minimum Gasteiger partial charge on any atom is -0.529 e. The summed E-state index contributed by atoms with van der Waals surface area (Å²) in [5.74, 6) is 0. The number of halogens is 2. The summed E-state index contributed by atoms with van der Waals surface area (Å²) in [7, 11) is 0. The van der Waals surface area contributed by atoms with Crippen molar-refractivity contribution >= 4 is 51.3 Å². The number of imidazole rings is 1. The lowest BCUT2D eigenvalue weighted by Crippen LogP contribution is -2.28. The lowest BCUT2D eigenvalue weighted by atomic mass is 10.3. The largest absolute Gasteiger partial charge is 0.529 e. The number of rotatable bonds is 0. The molecule has 4 nitrogen and oxygen atoms in total. The van der Waals surface area contributed by atoms with E-state index in [2.05, 4.69) is 27.6 Å². The molecule has 0 atom stereocenters. The average molecular weight is 321 g/mol. The van der Waals surface area contributed by atoms with Crippen LogP contribution in [0.2, 0.25) is 5.28 Å². The van der Waals surface area contributed by atoms with Crippen molar-refractivity contribution < 1.29 is 9.90 Å². The summed E-state index contributed by atoms with van der Waals surface area (Å²) < 4.78 is 1.76. The summed E-state index contributed by atoms with van der Waals surface area (Å²) in [5, 5.41) is 10.6. The lowest BCUT2D eigenvalue weighted by molar-refractivity contribution is -0.249. The summed E-state index contributed by atoms with van der Waals surface area (Å²) in [6.45, 7) is 0. The normalized spacial score (nSPS) is 10.7. The molecule has 1 heterocycles. The highest BCUT2D eigenvalue weighted by Gasteiger charge is 2.09. The molecule has 0 spiro atoms. The third-order valence-electron chi connectivity index (χ3n) is 1.76. The fourth-order valence-corrected chi connectivity index (χ4v) is 1.92. The van der Waals surface area contributed by atoms with Crippen LogP contribution in [-0.2, 0) is 0 Å². The molecule has 0 fully saturated rings. The van der Waals surface area contributed by atoms with Crippen molar-refractivity contribution in [2.45, 2.75) is 0 Å². The van der Waals surface area contributed by atoms with E-state index in [-0.39, 0.29) is 5.28 Å². The van der Waals surface area contributed by atoms with Gasteiger partial charge in [-0.3, -0.25) is 4.57 Å². The van der Waals surface area contributed by atoms with E-state index in [0.29, 0.717) is 11.0 Å². The van der Waals surface area contributed by atoms with E-state index in [1.54, 1.807) is 12.1 Å². The van der Waals surface area contributed by atoms with Gasteiger partial charge in [0.05, 0.1) is 11.0 Å². The summed E-state index contributed by atoms with van der Waals surface area (Å²) in [6, 6.07) is 5.22. The molecule has 0 radical (unpaired) electrons. The van der Waals surface area contributed by atoms with E-state index in [1.807, 2.05) is 6.07 Å². The minimum atomic E-state index is -1.38. The van der Waals surface area contributed by atoms with E-state index >= 15 is 0 Å². The molecule has 2 rings (SSSR count). The highest BCUT2D eigenvalue weighted by Crippen LogP contribution is 2.21. The maximum Gasteiger partial charge on any atom is 0.209 e. The van der Waals surface area contributed by atoms with Crippen LogP contribution in [0.25, 0.3) is 11.0 Å².